The molecule has 0 heterocycles. The lowest BCUT2D eigenvalue weighted by atomic mass is 9.98. The molecule has 0 aliphatic carbocycles. The molecule has 1 nitrogen and oxygen atoms in total. The zero-order valence-electron chi connectivity index (χ0n) is 11.4. The standard InChI is InChI=1S/C17H16F2O/c1-11(2)15-14(18)10-13(16(19)17(15)20)9-8-12-6-4-3-5-7-12/h3-11,20H,1-2H3/b9-8+. The molecule has 0 aromatic heterocycles. The smallest absolute Gasteiger partial charge is 0.172 e. The Morgan fingerprint density at radius 2 is 1.70 bits per heavy atom. The maximum absolute atomic E-state index is 14.0. The minimum atomic E-state index is -0.790. The molecule has 0 amide bonds. The Labute approximate surface area is 117 Å². The van der Waals surface area contributed by atoms with Gasteiger partial charge in [-0.2, -0.15) is 0 Å². The molecule has 0 bridgehead atoms. The highest BCUT2D eigenvalue weighted by molar-refractivity contribution is 5.71. The lowest BCUT2D eigenvalue weighted by Gasteiger charge is -2.12. The maximum atomic E-state index is 14.0. The van der Waals surface area contributed by atoms with E-state index in [1.165, 1.54) is 6.08 Å². The van der Waals surface area contributed by atoms with E-state index in [-0.39, 0.29) is 17.0 Å². The Hall–Kier alpha value is -2.16. The second-order valence-corrected chi connectivity index (χ2v) is 4.92. The number of hydrogen-bond acceptors (Lipinski definition) is 1. The van der Waals surface area contributed by atoms with E-state index in [1.54, 1.807) is 19.9 Å². The molecule has 0 aliphatic heterocycles. The monoisotopic (exact) mass is 274 g/mol. The summed E-state index contributed by atoms with van der Waals surface area (Å²) >= 11 is 0. The largest absolute Gasteiger partial charge is 0.505 e. The normalized spacial score (nSPS) is 11.4. The average Bonchev–Trinajstić information content (AvgIpc) is 2.42. The topological polar surface area (TPSA) is 20.2 Å². The molecule has 0 spiro atoms. The van der Waals surface area contributed by atoms with Gasteiger partial charge >= 0.3 is 0 Å². The van der Waals surface area contributed by atoms with Gasteiger partial charge in [-0.3, -0.25) is 0 Å². The van der Waals surface area contributed by atoms with Crippen LogP contribution in [0.3, 0.4) is 0 Å². The van der Waals surface area contributed by atoms with E-state index in [0.717, 1.165) is 11.6 Å². The van der Waals surface area contributed by atoms with Gasteiger partial charge in [0, 0.05) is 11.1 Å². The molecule has 2 rings (SSSR count). The van der Waals surface area contributed by atoms with Crippen LogP contribution < -0.4 is 0 Å². The number of benzene rings is 2. The third kappa shape index (κ3) is 2.87. The Morgan fingerprint density at radius 3 is 2.30 bits per heavy atom. The summed E-state index contributed by atoms with van der Waals surface area (Å²) in [5.41, 5.74) is 0.923. The predicted octanol–water partition coefficient (Wildman–Crippen LogP) is 4.96. The number of hydrogen-bond donors (Lipinski definition) is 1. The first-order valence-corrected chi connectivity index (χ1v) is 6.44. The van der Waals surface area contributed by atoms with Crippen LogP contribution >= 0.6 is 0 Å². The summed E-state index contributed by atoms with van der Waals surface area (Å²) in [6, 6.07) is 10.4. The van der Waals surface area contributed by atoms with E-state index < -0.39 is 17.4 Å². The molecule has 1 N–H and O–H groups in total. The second-order valence-electron chi connectivity index (χ2n) is 4.92. The fourth-order valence-corrected chi connectivity index (χ4v) is 2.07. The summed E-state index contributed by atoms with van der Waals surface area (Å²) < 4.78 is 27.9. The van der Waals surface area contributed by atoms with Crippen molar-refractivity contribution in [3.63, 3.8) is 0 Å². The number of rotatable bonds is 3. The molecule has 2 aromatic carbocycles. The van der Waals surface area contributed by atoms with Crippen molar-refractivity contribution in [1.29, 1.82) is 0 Å². The number of halogens is 2. The van der Waals surface area contributed by atoms with Crippen molar-refractivity contribution in [1.82, 2.24) is 0 Å². The van der Waals surface area contributed by atoms with Crippen LogP contribution in [-0.4, -0.2) is 5.11 Å². The quantitative estimate of drug-likeness (QED) is 0.784. The molecule has 0 fully saturated rings. The summed E-state index contributed by atoms with van der Waals surface area (Å²) in [6.07, 6.45) is 3.13. The van der Waals surface area contributed by atoms with Crippen molar-refractivity contribution in [3.05, 3.63) is 64.7 Å². The highest BCUT2D eigenvalue weighted by Gasteiger charge is 2.18. The third-order valence-corrected chi connectivity index (χ3v) is 3.09. The van der Waals surface area contributed by atoms with E-state index in [9.17, 15) is 13.9 Å². The fourth-order valence-electron chi connectivity index (χ4n) is 2.07. The maximum Gasteiger partial charge on any atom is 0.172 e. The van der Waals surface area contributed by atoms with Crippen molar-refractivity contribution >= 4 is 12.2 Å². The van der Waals surface area contributed by atoms with Crippen LogP contribution in [0.15, 0.2) is 36.4 Å². The molecular formula is C17H16F2O. The Bertz CT molecular complexity index is 631. The van der Waals surface area contributed by atoms with Gasteiger partial charge in [-0.25, -0.2) is 8.78 Å². The van der Waals surface area contributed by atoms with Gasteiger partial charge in [0.1, 0.15) is 5.82 Å². The molecule has 3 heteroatoms. The second kappa shape index (κ2) is 5.87. The number of aromatic hydroxyl groups is 1. The molecule has 0 atom stereocenters. The molecule has 0 saturated heterocycles. The highest BCUT2D eigenvalue weighted by Crippen LogP contribution is 2.33. The van der Waals surface area contributed by atoms with Gasteiger partial charge in [0.2, 0.25) is 0 Å². The summed E-state index contributed by atoms with van der Waals surface area (Å²) in [5.74, 6) is -2.27. The number of phenols is 1. The molecular weight excluding hydrogens is 258 g/mol. The van der Waals surface area contributed by atoms with E-state index in [0.29, 0.717) is 0 Å². The Morgan fingerprint density at radius 1 is 1.05 bits per heavy atom. The summed E-state index contributed by atoms with van der Waals surface area (Å²) in [5, 5.41) is 9.78. The van der Waals surface area contributed by atoms with Gasteiger partial charge < -0.3 is 5.11 Å². The van der Waals surface area contributed by atoms with Crippen LogP contribution in [0.5, 0.6) is 5.75 Å². The van der Waals surface area contributed by atoms with Crippen LogP contribution in [0.1, 0.15) is 36.5 Å². The van der Waals surface area contributed by atoms with Gasteiger partial charge in [0.05, 0.1) is 0 Å². The minimum Gasteiger partial charge on any atom is -0.505 e. The van der Waals surface area contributed by atoms with E-state index in [2.05, 4.69) is 0 Å². The average molecular weight is 274 g/mol. The summed E-state index contributed by atoms with van der Waals surface area (Å²) in [6.45, 7) is 3.41. The van der Waals surface area contributed by atoms with Crippen LogP contribution in [0.25, 0.3) is 12.2 Å². The first-order chi connectivity index (χ1) is 9.50. The predicted molar refractivity (Wildman–Crippen MR) is 77.5 cm³/mol. The van der Waals surface area contributed by atoms with Crippen molar-refractivity contribution < 1.29 is 13.9 Å². The van der Waals surface area contributed by atoms with Gasteiger partial charge in [-0.15, -0.1) is 0 Å². The minimum absolute atomic E-state index is 0.0133. The summed E-state index contributed by atoms with van der Waals surface area (Å²) in [7, 11) is 0. The van der Waals surface area contributed by atoms with Crippen LogP contribution in [0.2, 0.25) is 0 Å². The molecule has 0 aliphatic rings. The van der Waals surface area contributed by atoms with Crippen molar-refractivity contribution in [2.75, 3.05) is 0 Å². The van der Waals surface area contributed by atoms with Crippen LogP contribution in [0.4, 0.5) is 8.78 Å². The van der Waals surface area contributed by atoms with Crippen molar-refractivity contribution in [2.24, 2.45) is 0 Å². The summed E-state index contributed by atoms with van der Waals surface area (Å²) in [4.78, 5) is 0. The zero-order valence-corrected chi connectivity index (χ0v) is 11.4. The molecule has 0 unspecified atom stereocenters. The van der Waals surface area contributed by atoms with Crippen LogP contribution in [-0.2, 0) is 0 Å². The Balaban J connectivity index is 2.42. The van der Waals surface area contributed by atoms with Gasteiger partial charge in [0.15, 0.2) is 11.6 Å². The van der Waals surface area contributed by atoms with E-state index >= 15 is 0 Å². The molecule has 2 aromatic rings. The lowest BCUT2D eigenvalue weighted by molar-refractivity contribution is 0.413. The first kappa shape index (κ1) is 14.3. The van der Waals surface area contributed by atoms with Crippen LogP contribution in [0, 0.1) is 11.6 Å². The van der Waals surface area contributed by atoms with Gasteiger partial charge in [0.25, 0.3) is 0 Å². The first-order valence-electron chi connectivity index (χ1n) is 6.44. The van der Waals surface area contributed by atoms with Gasteiger partial charge in [-0.1, -0.05) is 56.3 Å². The SMILES string of the molecule is CC(C)c1c(F)cc(/C=C/c2ccccc2)c(F)c1O. The molecule has 0 saturated carbocycles. The lowest BCUT2D eigenvalue weighted by Crippen LogP contribution is -1.98. The highest BCUT2D eigenvalue weighted by atomic mass is 19.1. The molecule has 104 valence electrons. The van der Waals surface area contributed by atoms with Crippen molar-refractivity contribution in [2.45, 2.75) is 19.8 Å². The number of phenolic OH excluding ortho intramolecular Hbond substituents is 1. The zero-order chi connectivity index (χ0) is 14.7. The van der Waals surface area contributed by atoms with E-state index in [4.69, 9.17) is 0 Å². The molecule has 0 radical (unpaired) electrons. The molecule has 20 heavy (non-hydrogen) atoms. The van der Waals surface area contributed by atoms with Crippen molar-refractivity contribution in [3.8, 4) is 5.75 Å². The Kier molecular flexibility index (Phi) is 4.18. The third-order valence-electron chi connectivity index (χ3n) is 3.09. The fraction of sp³-hybridized carbons (Fsp3) is 0.176. The van der Waals surface area contributed by atoms with Gasteiger partial charge in [-0.05, 0) is 17.5 Å². The van der Waals surface area contributed by atoms with E-state index in [1.807, 2.05) is 30.3 Å².